The third-order valence-electron chi connectivity index (χ3n) is 2.01. The van der Waals surface area contributed by atoms with E-state index < -0.39 is 11.9 Å². The average molecular weight is 246 g/mol. The smallest absolute Gasteiger partial charge is 0.224 e. The Bertz CT molecular complexity index is 382. The fourth-order valence-corrected chi connectivity index (χ4v) is 1.33. The van der Waals surface area contributed by atoms with Crippen molar-refractivity contribution in [1.82, 2.24) is 0 Å². The van der Waals surface area contributed by atoms with Crippen molar-refractivity contribution in [2.75, 3.05) is 5.32 Å². The topological polar surface area (TPSA) is 49.3 Å². The summed E-state index contributed by atoms with van der Waals surface area (Å²) >= 11 is 5.56. The zero-order chi connectivity index (χ0) is 12.1. The number of carbonyl (C=O) groups excluding carboxylic acids is 1. The summed E-state index contributed by atoms with van der Waals surface area (Å²) in [6.45, 7) is 1.59. The van der Waals surface area contributed by atoms with Crippen LogP contribution < -0.4 is 5.32 Å². The summed E-state index contributed by atoms with van der Waals surface area (Å²) < 4.78 is 13.4. The number of aliphatic hydroxyl groups excluding tert-OH is 1. The second kappa shape index (κ2) is 5.82. The van der Waals surface area contributed by atoms with E-state index in [4.69, 9.17) is 16.7 Å². The van der Waals surface area contributed by atoms with E-state index in [0.29, 0.717) is 6.42 Å². The first-order chi connectivity index (χ1) is 7.50. The van der Waals surface area contributed by atoms with Crippen molar-refractivity contribution < 1.29 is 14.3 Å². The number of benzene rings is 1. The van der Waals surface area contributed by atoms with E-state index in [2.05, 4.69) is 5.32 Å². The molecular weight excluding hydrogens is 233 g/mol. The van der Waals surface area contributed by atoms with Crippen molar-refractivity contribution in [1.29, 1.82) is 0 Å². The van der Waals surface area contributed by atoms with Gasteiger partial charge in [0.1, 0.15) is 0 Å². The van der Waals surface area contributed by atoms with Gasteiger partial charge in [-0.1, -0.05) is 17.7 Å². The van der Waals surface area contributed by atoms with Crippen molar-refractivity contribution >= 4 is 23.2 Å². The summed E-state index contributed by atoms with van der Waals surface area (Å²) in [7, 11) is 0. The van der Waals surface area contributed by atoms with Gasteiger partial charge >= 0.3 is 0 Å². The molecule has 1 atom stereocenters. The number of hydrogen-bond donors (Lipinski definition) is 2. The molecule has 0 aliphatic rings. The molecule has 0 aromatic heterocycles. The maximum absolute atomic E-state index is 13.4. The molecule has 0 bridgehead atoms. The highest BCUT2D eigenvalue weighted by atomic mass is 35.5. The van der Waals surface area contributed by atoms with Gasteiger partial charge in [-0.05, 0) is 25.5 Å². The van der Waals surface area contributed by atoms with Crippen LogP contribution >= 0.6 is 11.6 Å². The Kier molecular flexibility index (Phi) is 4.71. The normalized spacial score (nSPS) is 12.2. The summed E-state index contributed by atoms with van der Waals surface area (Å²) in [5.74, 6) is -0.989. The lowest BCUT2D eigenvalue weighted by atomic mass is 10.2. The van der Waals surface area contributed by atoms with Gasteiger partial charge in [0.2, 0.25) is 5.91 Å². The first-order valence-corrected chi connectivity index (χ1v) is 5.30. The molecule has 1 aromatic carbocycles. The van der Waals surface area contributed by atoms with E-state index in [1.165, 1.54) is 12.1 Å². The monoisotopic (exact) mass is 245 g/mol. The maximum Gasteiger partial charge on any atom is 0.224 e. The van der Waals surface area contributed by atoms with Gasteiger partial charge in [-0.2, -0.15) is 0 Å². The van der Waals surface area contributed by atoms with Gasteiger partial charge in [0.05, 0.1) is 16.8 Å². The maximum atomic E-state index is 13.4. The van der Waals surface area contributed by atoms with Gasteiger partial charge in [-0.3, -0.25) is 4.79 Å². The van der Waals surface area contributed by atoms with Crippen molar-refractivity contribution in [3.05, 3.63) is 29.0 Å². The third kappa shape index (κ3) is 3.79. The van der Waals surface area contributed by atoms with Crippen LogP contribution in [0.15, 0.2) is 18.2 Å². The van der Waals surface area contributed by atoms with E-state index in [9.17, 15) is 9.18 Å². The molecule has 3 nitrogen and oxygen atoms in total. The highest BCUT2D eigenvalue weighted by Gasteiger charge is 2.10. The average Bonchev–Trinajstić information content (AvgIpc) is 2.22. The van der Waals surface area contributed by atoms with E-state index in [1.54, 1.807) is 13.0 Å². The zero-order valence-corrected chi connectivity index (χ0v) is 9.59. The van der Waals surface area contributed by atoms with Gasteiger partial charge < -0.3 is 10.4 Å². The summed E-state index contributed by atoms with van der Waals surface area (Å²) in [6.07, 6.45) is -0.0626. The van der Waals surface area contributed by atoms with Crippen LogP contribution in [0.4, 0.5) is 10.1 Å². The minimum Gasteiger partial charge on any atom is -0.393 e. The van der Waals surface area contributed by atoms with Crippen LogP contribution in [0.5, 0.6) is 0 Å². The summed E-state index contributed by atoms with van der Waals surface area (Å²) in [5, 5.41) is 11.4. The van der Waals surface area contributed by atoms with Gasteiger partial charge in [0, 0.05) is 6.42 Å². The largest absolute Gasteiger partial charge is 0.393 e. The van der Waals surface area contributed by atoms with Crippen molar-refractivity contribution in [3.63, 3.8) is 0 Å². The first-order valence-electron chi connectivity index (χ1n) is 4.92. The molecule has 0 spiro atoms. The molecule has 1 amide bonds. The van der Waals surface area contributed by atoms with Crippen LogP contribution in [0, 0.1) is 5.82 Å². The third-order valence-corrected chi connectivity index (χ3v) is 2.31. The van der Waals surface area contributed by atoms with Crippen molar-refractivity contribution in [2.45, 2.75) is 25.9 Å². The lowest BCUT2D eigenvalue weighted by Gasteiger charge is -2.07. The lowest BCUT2D eigenvalue weighted by Crippen LogP contribution is -2.14. The molecule has 0 aliphatic carbocycles. The van der Waals surface area contributed by atoms with Gasteiger partial charge in [0.25, 0.3) is 0 Å². The Labute approximate surface area is 98.2 Å². The fraction of sp³-hybridized carbons (Fsp3) is 0.364. The number of rotatable bonds is 4. The summed E-state index contributed by atoms with van der Waals surface area (Å²) in [4.78, 5) is 11.3. The Hall–Kier alpha value is -1.13. The number of anilines is 1. The number of hydrogen-bond acceptors (Lipinski definition) is 2. The summed E-state index contributed by atoms with van der Waals surface area (Å²) in [5.41, 5.74) is 0.0584. The number of aliphatic hydroxyl groups is 1. The quantitative estimate of drug-likeness (QED) is 0.857. The van der Waals surface area contributed by atoms with E-state index in [-0.39, 0.29) is 23.0 Å². The minimum absolute atomic E-state index is 0.0340. The number of amides is 1. The van der Waals surface area contributed by atoms with Gasteiger partial charge in [-0.25, -0.2) is 4.39 Å². The molecule has 5 heteroatoms. The van der Waals surface area contributed by atoms with Crippen LogP contribution in [0.1, 0.15) is 19.8 Å². The molecule has 0 heterocycles. The van der Waals surface area contributed by atoms with Crippen LogP contribution in [0.25, 0.3) is 0 Å². The van der Waals surface area contributed by atoms with Gasteiger partial charge in [-0.15, -0.1) is 0 Å². The predicted octanol–water partition coefficient (Wildman–Crippen LogP) is 2.58. The molecular formula is C11H13ClFNO2. The SMILES string of the molecule is CC(O)CCC(=O)Nc1cccc(Cl)c1F. The van der Waals surface area contributed by atoms with E-state index in [1.807, 2.05) is 0 Å². The Balaban J connectivity index is 2.59. The Morgan fingerprint density at radius 2 is 2.31 bits per heavy atom. The van der Waals surface area contributed by atoms with Crippen LogP contribution in [-0.2, 0) is 4.79 Å². The molecule has 1 aromatic rings. The number of nitrogens with one attached hydrogen (secondary N) is 1. The summed E-state index contributed by atoms with van der Waals surface area (Å²) in [6, 6.07) is 4.39. The lowest BCUT2D eigenvalue weighted by molar-refractivity contribution is -0.116. The highest BCUT2D eigenvalue weighted by molar-refractivity contribution is 6.31. The molecule has 16 heavy (non-hydrogen) atoms. The second-order valence-electron chi connectivity index (χ2n) is 3.54. The zero-order valence-electron chi connectivity index (χ0n) is 8.84. The minimum atomic E-state index is -0.644. The molecule has 2 N–H and O–H groups in total. The number of carbonyl (C=O) groups is 1. The Morgan fingerprint density at radius 3 is 2.94 bits per heavy atom. The molecule has 0 saturated heterocycles. The molecule has 0 radical (unpaired) electrons. The predicted molar refractivity (Wildman–Crippen MR) is 61.0 cm³/mol. The molecule has 0 fully saturated rings. The van der Waals surface area contributed by atoms with Crippen molar-refractivity contribution in [2.24, 2.45) is 0 Å². The van der Waals surface area contributed by atoms with E-state index >= 15 is 0 Å². The van der Waals surface area contributed by atoms with E-state index in [0.717, 1.165) is 0 Å². The first kappa shape index (κ1) is 12.9. The highest BCUT2D eigenvalue weighted by Crippen LogP contribution is 2.22. The molecule has 0 aliphatic heterocycles. The van der Waals surface area contributed by atoms with Crippen molar-refractivity contribution in [3.8, 4) is 0 Å². The molecule has 88 valence electrons. The van der Waals surface area contributed by atoms with Gasteiger partial charge in [0.15, 0.2) is 5.82 Å². The second-order valence-corrected chi connectivity index (χ2v) is 3.94. The van der Waals surface area contributed by atoms with Crippen LogP contribution in [0.2, 0.25) is 5.02 Å². The standard InChI is InChI=1S/C11H13ClFNO2/c1-7(15)5-6-10(16)14-9-4-2-3-8(12)11(9)13/h2-4,7,15H,5-6H2,1H3,(H,14,16). The Morgan fingerprint density at radius 1 is 1.62 bits per heavy atom. The fourth-order valence-electron chi connectivity index (χ4n) is 1.15. The molecule has 1 rings (SSSR count). The molecule has 0 saturated carbocycles. The van der Waals surface area contributed by atoms with Crippen LogP contribution in [-0.4, -0.2) is 17.1 Å². The molecule has 1 unspecified atom stereocenters. The van der Waals surface area contributed by atoms with Crippen LogP contribution in [0.3, 0.4) is 0 Å². The number of halogens is 2.